The van der Waals surface area contributed by atoms with Gasteiger partial charge >= 0.3 is 0 Å². The molecule has 0 bridgehead atoms. The molecule has 102 valence electrons. The summed E-state index contributed by atoms with van der Waals surface area (Å²) in [5, 5.41) is 0. The first kappa shape index (κ1) is 14.9. The fraction of sp³-hybridized carbons (Fsp3) is 1.00. The molecule has 17 heavy (non-hydrogen) atoms. The lowest BCUT2D eigenvalue weighted by molar-refractivity contribution is 0.263. The van der Waals surface area contributed by atoms with Gasteiger partial charge in [-0.2, -0.15) is 17.4 Å². The lowest BCUT2D eigenvalue weighted by atomic mass is 10.1. The number of nitrogens with two attached hydrogens (primary N) is 1. The van der Waals surface area contributed by atoms with Crippen molar-refractivity contribution in [3.05, 3.63) is 0 Å². The van der Waals surface area contributed by atoms with Gasteiger partial charge in [-0.25, -0.2) is 0 Å². The number of hydrogen-bond acceptors (Lipinski definition) is 3. The molecular weight excluding hydrogens is 238 g/mol. The Bertz CT molecular complexity index is 319. The molecule has 0 amide bonds. The molecule has 2 atom stereocenters. The molecule has 1 rings (SSSR count). The molecule has 5 nitrogen and oxygen atoms in total. The first-order valence-electron chi connectivity index (χ1n) is 6.50. The molecule has 0 aliphatic carbocycles. The highest BCUT2D eigenvalue weighted by molar-refractivity contribution is 7.87. The Morgan fingerprint density at radius 1 is 1.47 bits per heavy atom. The van der Waals surface area contributed by atoms with Gasteiger partial charge in [-0.1, -0.05) is 13.3 Å². The number of nitrogens with one attached hydrogen (secondary N) is 1. The van der Waals surface area contributed by atoms with E-state index in [0.29, 0.717) is 19.5 Å². The third kappa shape index (κ3) is 4.21. The van der Waals surface area contributed by atoms with Crippen molar-refractivity contribution < 1.29 is 8.42 Å². The molecular formula is C11H25N3O2S. The van der Waals surface area contributed by atoms with Crippen LogP contribution in [0.25, 0.3) is 0 Å². The summed E-state index contributed by atoms with van der Waals surface area (Å²) < 4.78 is 28.8. The van der Waals surface area contributed by atoms with E-state index < -0.39 is 10.2 Å². The molecule has 1 fully saturated rings. The molecule has 0 saturated carbocycles. The second-order valence-electron chi connectivity index (χ2n) is 4.76. The Labute approximate surface area is 105 Å². The second-order valence-corrected chi connectivity index (χ2v) is 6.42. The summed E-state index contributed by atoms with van der Waals surface area (Å²) in [6.45, 7) is 5.09. The maximum absolute atomic E-state index is 12.2. The monoisotopic (exact) mass is 263 g/mol. The van der Waals surface area contributed by atoms with Gasteiger partial charge in [0, 0.05) is 18.6 Å². The maximum Gasteiger partial charge on any atom is 0.279 e. The number of hydrogen-bond donors (Lipinski definition) is 2. The molecule has 6 heteroatoms. The Hall–Kier alpha value is -0.170. The van der Waals surface area contributed by atoms with Crippen LogP contribution >= 0.6 is 0 Å². The standard InChI is InChI=1S/C11H25N3O2S/c1-3-11(7-8-12)13-17(15,16)14-9-5-4-6-10(14)2/h10-11,13H,3-9,12H2,1-2H3. The third-order valence-electron chi connectivity index (χ3n) is 3.37. The maximum atomic E-state index is 12.2. The van der Waals surface area contributed by atoms with Gasteiger partial charge in [0.1, 0.15) is 0 Å². The summed E-state index contributed by atoms with van der Waals surface area (Å²) in [6, 6.07) is 0.0655. The van der Waals surface area contributed by atoms with E-state index in [1.54, 1.807) is 4.31 Å². The van der Waals surface area contributed by atoms with Crippen LogP contribution in [0.1, 0.15) is 46.0 Å². The predicted molar refractivity (Wildman–Crippen MR) is 69.8 cm³/mol. The van der Waals surface area contributed by atoms with Crippen LogP contribution < -0.4 is 10.5 Å². The average Bonchev–Trinajstić information content (AvgIpc) is 2.28. The fourth-order valence-corrected chi connectivity index (χ4v) is 4.04. The molecule has 0 aromatic heterocycles. The summed E-state index contributed by atoms with van der Waals surface area (Å²) in [4.78, 5) is 0. The SMILES string of the molecule is CCC(CCN)NS(=O)(=O)N1CCCCC1C. The van der Waals surface area contributed by atoms with Crippen molar-refractivity contribution in [3.63, 3.8) is 0 Å². The van der Waals surface area contributed by atoms with Crippen LogP contribution in [0.4, 0.5) is 0 Å². The summed E-state index contributed by atoms with van der Waals surface area (Å²) in [6.07, 6.45) is 4.50. The van der Waals surface area contributed by atoms with Crippen molar-refractivity contribution in [3.8, 4) is 0 Å². The summed E-state index contributed by atoms with van der Waals surface area (Å²) >= 11 is 0. The van der Waals surface area contributed by atoms with E-state index in [2.05, 4.69) is 4.72 Å². The largest absolute Gasteiger partial charge is 0.330 e. The van der Waals surface area contributed by atoms with Crippen molar-refractivity contribution in [2.75, 3.05) is 13.1 Å². The Morgan fingerprint density at radius 2 is 2.18 bits per heavy atom. The number of nitrogens with zero attached hydrogens (tertiary/aromatic N) is 1. The quantitative estimate of drug-likeness (QED) is 0.745. The van der Waals surface area contributed by atoms with Gasteiger partial charge < -0.3 is 5.73 Å². The zero-order chi connectivity index (χ0) is 12.9. The van der Waals surface area contributed by atoms with E-state index in [9.17, 15) is 8.42 Å². The van der Waals surface area contributed by atoms with Gasteiger partial charge in [0.2, 0.25) is 0 Å². The first-order valence-corrected chi connectivity index (χ1v) is 7.94. The molecule has 1 aliphatic heterocycles. The van der Waals surface area contributed by atoms with Gasteiger partial charge in [-0.3, -0.25) is 0 Å². The van der Waals surface area contributed by atoms with Crippen molar-refractivity contribution in [2.24, 2.45) is 5.73 Å². The molecule has 0 radical (unpaired) electrons. The molecule has 3 N–H and O–H groups in total. The van der Waals surface area contributed by atoms with Crippen LogP contribution in [0.5, 0.6) is 0 Å². The zero-order valence-corrected chi connectivity index (χ0v) is 11.7. The van der Waals surface area contributed by atoms with Gasteiger partial charge in [-0.15, -0.1) is 0 Å². The summed E-state index contributed by atoms with van der Waals surface area (Å²) in [5.41, 5.74) is 5.48. The summed E-state index contributed by atoms with van der Waals surface area (Å²) in [5.74, 6) is 0. The molecule has 1 heterocycles. The third-order valence-corrected chi connectivity index (χ3v) is 5.17. The van der Waals surface area contributed by atoms with Crippen LogP contribution in [0.3, 0.4) is 0 Å². The van der Waals surface area contributed by atoms with Crippen LogP contribution in [0, 0.1) is 0 Å². The van der Waals surface area contributed by atoms with Crippen LogP contribution in [0.15, 0.2) is 0 Å². The van der Waals surface area contributed by atoms with Crippen molar-refractivity contribution >= 4 is 10.2 Å². The van der Waals surface area contributed by atoms with Crippen LogP contribution in [-0.2, 0) is 10.2 Å². The Kier molecular flexibility index (Phi) is 5.85. The predicted octanol–water partition coefficient (Wildman–Crippen LogP) is 0.823. The topological polar surface area (TPSA) is 75.4 Å². The molecule has 1 saturated heterocycles. The molecule has 0 aromatic carbocycles. The lowest BCUT2D eigenvalue weighted by Gasteiger charge is -2.33. The van der Waals surface area contributed by atoms with Crippen LogP contribution in [0.2, 0.25) is 0 Å². The number of piperidine rings is 1. The minimum Gasteiger partial charge on any atom is -0.330 e. The second kappa shape index (κ2) is 6.68. The van der Waals surface area contributed by atoms with Crippen molar-refractivity contribution in [1.29, 1.82) is 0 Å². The molecule has 1 aliphatic rings. The van der Waals surface area contributed by atoms with Gasteiger partial charge in [0.05, 0.1) is 0 Å². The fourth-order valence-electron chi connectivity index (χ4n) is 2.25. The molecule has 2 unspecified atom stereocenters. The minimum atomic E-state index is -3.34. The highest BCUT2D eigenvalue weighted by Crippen LogP contribution is 2.19. The van der Waals surface area contributed by atoms with Crippen molar-refractivity contribution in [1.82, 2.24) is 9.03 Å². The van der Waals surface area contributed by atoms with Gasteiger partial charge in [0.25, 0.3) is 10.2 Å². The molecule has 0 spiro atoms. The van der Waals surface area contributed by atoms with E-state index in [1.165, 1.54) is 0 Å². The highest BCUT2D eigenvalue weighted by Gasteiger charge is 2.30. The normalized spacial score (nSPS) is 24.8. The van der Waals surface area contributed by atoms with E-state index in [0.717, 1.165) is 25.7 Å². The van der Waals surface area contributed by atoms with Gasteiger partial charge in [0.15, 0.2) is 0 Å². The van der Waals surface area contributed by atoms with Gasteiger partial charge in [-0.05, 0) is 39.2 Å². The average molecular weight is 263 g/mol. The molecule has 0 aromatic rings. The summed E-state index contributed by atoms with van der Waals surface area (Å²) in [7, 11) is -3.34. The van der Waals surface area contributed by atoms with E-state index in [1.807, 2.05) is 13.8 Å². The minimum absolute atomic E-state index is 0.0425. The first-order chi connectivity index (χ1) is 8.01. The van der Waals surface area contributed by atoms with Crippen LogP contribution in [-0.4, -0.2) is 37.9 Å². The van der Waals surface area contributed by atoms with E-state index in [4.69, 9.17) is 5.73 Å². The Balaban J connectivity index is 2.65. The Morgan fingerprint density at radius 3 is 2.71 bits per heavy atom. The lowest BCUT2D eigenvalue weighted by Crippen LogP contribution is -2.50. The van der Waals surface area contributed by atoms with E-state index in [-0.39, 0.29) is 12.1 Å². The number of rotatable bonds is 6. The zero-order valence-electron chi connectivity index (χ0n) is 10.9. The smallest absolute Gasteiger partial charge is 0.279 e. The van der Waals surface area contributed by atoms with E-state index >= 15 is 0 Å². The van der Waals surface area contributed by atoms with Crippen molar-refractivity contribution in [2.45, 2.75) is 58.0 Å². The highest BCUT2D eigenvalue weighted by atomic mass is 32.2.